The zero-order valence-electron chi connectivity index (χ0n) is 17.4. The van der Waals surface area contributed by atoms with Crippen LogP contribution in [0.2, 0.25) is 0 Å². The van der Waals surface area contributed by atoms with E-state index in [0.717, 1.165) is 52.4 Å². The lowest BCUT2D eigenvalue weighted by atomic mass is 10.2. The van der Waals surface area contributed by atoms with Crippen molar-refractivity contribution in [2.24, 2.45) is 5.92 Å². The van der Waals surface area contributed by atoms with Gasteiger partial charge in [0.25, 0.3) is 0 Å². The maximum absolute atomic E-state index is 12.3. The Morgan fingerprint density at radius 2 is 1.93 bits per heavy atom. The lowest BCUT2D eigenvalue weighted by Crippen LogP contribution is -2.51. The molecule has 9 nitrogen and oxygen atoms in total. The van der Waals surface area contributed by atoms with Crippen molar-refractivity contribution >= 4 is 5.91 Å². The first-order chi connectivity index (χ1) is 13.5. The number of carbonyl (C=O) groups is 1. The lowest BCUT2D eigenvalue weighted by molar-refractivity contribution is -0.124. The summed E-state index contributed by atoms with van der Waals surface area (Å²) in [6, 6.07) is 0. The summed E-state index contributed by atoms with van der Waals surface area (Å²) in [6.07, 6.45) is 0.0890. The normalized spacial score (nSPS) is 22.6. The molecule has 9 heteroatoms. The first-order valence-electron chi connectivity index (χ1n) is 10.3. The smallest absolute Gasteiger partial charge is 0.240 e. The minimum atomic E-state index is 0.0746. The first-order valence-corrected chi connectivity index (χ1v) is 10.3. The van der Waals surface area contributed by atoms with E-state index in [9.17, 15) is 4.79 Å². The molecule has 2 aliphatic rings. The maximum Gasteiger partial charge on any atom is 0.240 e. The first kappa shape index (κ1) is 21.2. The molecule has 3 rings (SSSR count). The van der Waals surface area contributed by atoms with Crippen molar-refractivity contribution in [1.29, 1.82) is 0 Å². The maximum atomic E-state index is 12.3. The molecule has 0 aromatic carbocycles. The molecule has 1 unspecified atom stereocenters. The molecule has 158 valence electrons. The van der Waals surface area contributed by atoms with Crippen LogP contribution in [0.15, 0.2) is 4.52 Å². The van der Waals surface area contributed by atoms with Gasteiger partial charge >= 0.3 is 0 Å². The summed E-state index contributed by atoms with van der Waals surface area (Å²) in [4.78, 5) is 23.5. The number of hydrogen-bond acceptors (Lipinski definition) is 8. The molecular formula is C19H34N6O3. The highest BCUT2D eigenvalue weighted by Gasteiger charge is 2.23. The molecule has 1 aromatic rings. The summed E-state index contributed by atoms with van der Waals surface area (Å²) >= 11 is 0. The number of ether oxygens (including phenoxy) is 1. The van der Waals surface area contributed by atoms with E-state index >= 15 is 0 Å². The largest absolute Gasteiger partial charge is 0.374 e. The van der Waals surface area contributed by atoms with E-state index in [1.54, 1.807) is 0 Å². The second-order valence-electron chi connectivity index (χ2n) is 8.24. The summed E-state index contributed by atoms with van der Waals surface area (Å²) < 4.78 is 11.0. The van der Waals surface area contributed by atoms with Crippen molar-refractivity contribution in [1.82, 2.24) is 30.2 Å². The third kappa shape index (κ3) is 6.80. The van der Waals surface area contributed by atoms with Crippen LogP contribution in [0.25, 0.3) is 0 Å². The minimum Gasteiger partial charge on any atom is -0.374 e. The number of aromatic nitrogens is 2. The van der Waals surface area contributed by atoms with Crippen LogP contribution in [0.4, 0.5) is 0 Å². The second-order valence-corrected chi connectivity index (χ2v) is 8.24. The van der Waals surface area contributed by atoms with Crippen LogP contribution < -0.4 is 5.32 Å². The molecule has 1 aromatic heterocycles. The van der Waals surface area contributed by atoms with Gasteiger partial charge in [-0.1, -0.05) is 19.0 Å². The fourth-order valence-electron chi connectivity index (χ4n) is 3.77. The molecule has 2 saturated heterocycles. The third-order valence-electron chi connectivity index (χ3n) is 5.13. The van der Waals surface area contributed by atoms with Crippen LogP contribution in [0.5, 0.6) is 0 Å². The zero-order chi connectivity index (χ0) is 19.9. The molecule has 3 heterocycles. The second kappa shape index (κ2) is 10.3. The Labute approximate surface area is 167 Å². The van der Waals surface area contributed by atoms with Crippen LogP contribution in [0.1, 0.15) is 25.6 Å². The van der Waals surface area contributed by atoms with Gasteiger partial charge < -0.3 is 14.6 Å². The van der Waals surface area contributed by atoms with Crippen molar-refractivity contribution < 1.29 is 14.1 Å². The van der Waals surface area contributed by atoms with Crippen LogP contribution in [-0.4, -0.2) is 102 Å². The number of piperazine rings is 1. The topological polar surface area (TPSA) is 87.0 Å². The monoisotopic (exact) mass is 394 g/mol. The number of carbonyl (C=O) groups excluding carboxylic acids is 1. The minimum absolute atomic E-state index is 0.0746. The van der Waals surface area contributed by atoms with E-state index in [1.165, 1.54) is 0 Å². The third-order valence-corrected chi connectivity index (χ3v) is 5.13. The highest BCUT2D eigenvalue weighted by molar-refractivity contribution is 5.78. The Morgan fingerprint density at radius 1 is 1.18 bits per heavy atom. The highest BCUT2D eigenvalue weighted by atomic mass is 16.5. The molecule has 0 saturated carbocycles. The van der Waals surface area contributed by atoms with Crippen molar-refractivity contribution in [3.8, 4) is 0 Å². The Hall–Kier alpha value is -1.55. The Bertz CT molecular complexity index is 615. The van der Waals surface area contributed by atoms with E-state index in [1.807, 2.05) is 6.92 Å². The summed E-state index contributed by atoms with van der Waals surface area (Å²) in [5, 5.41) is 6.87. The van der Waals surface area contributed by atoms with Crippen LogP contribution >= 0.6 is 0 Å². The molecule has 1 atom stereocenters. The van der Waals surface area contributed by atoms with Gasteiger partial charge in [0.2, 0.25) is 11.8 Å². The average Bonchev–Trinajstić information content (AvgIpc) is 3.06. The SMILES string of the molecule is Cc1noc(CN2CCN(CC(=O)NCC3CN(CC(C)C)CCO3)CC2)n1. The van der Waals surface area contributed by atoms with Gasteiger partial charge in [-0.3, -0.25) is 19.5 Å². The van der Waals surface area contributed by atoms with E-state index in [4.69, 9.17) is 9.26 Å². The number of amides is 1. The van der Waals surface area contributed by atoms with Gasteiger partial charge in [0.1, 0.15) is 0 Å². The fourth-order valence-corrected chi connectivity index (χ4v) is 3.77. The highest BCUT2D eigenvalue weighted by Crippen LogP contribution is 2.08. The van der Waals surface area contributed by atoms with Crippen molar-refractivity contribution in [2.45, 2.75) is 33.4 Å². The molecule has 1 N–H and O–H groups in total. The lowest BCUT2D eigenvalue weighted by Gasteiger charge is -2.35. The molecule has 2 aliphatic heterocycles. The van der Waals surface area contributed by atoms with E-state index in [0.29, 0.717) is 37.3 Å². The molecule has 28 heavy (non-hydrogen) atoms. The predicted octanol–water partition coefficient (Wildman–Crippen LogP) is -0.0314. The standard InChI is InChI=1S/C19H34N6O3/c1-15(2)11-25-8-9-27-17(12-25)10-20-18(26)13-23-4-6-24(7-5-23)14-19-21-16(3)22-28-19/h15,17H,4-14H2,1-3H3,(H,20,26). The molecule has 1 amide bonds. The van der Waals surface area contributed by atoms with Crippen LogP contribution in [-0.2, 0) is 16.1 Å². The van der Waals surface area contributed by atoms with Gasteiger partial charge in [0.05, 0.1) is 25.8 Å². The fraction of sp³-hybridized carbons (Fsp3) is 0.842. The summed E-state index contributed by atoms with van der Waals surface area (Å²) in [5.41, 5.74) is 0. The predicted molar refractivity (Wildman–Crippen MR) is 105 cm³/mol. The Morgan fingerprint density at radius 3 is 2.61 bits per heavy atom. The Kier molecular flexibility index (Phi) is 7.78. The van der Waals surface area contributed by atoms with Crippen molar-refractivity contribution in [2.75, 3.05) is 65.5 Å². The van der Waals surface area contributed by atoms with Crippen molar-refractivity contribution in [3.63, 3.8) is 0 Å². The molecule has 0 bridgehead atoms. The summed E-state index contributed by atoms with van der Waals surface area (Å²) in [6.45, 7) is 15.2. The summed E-state index contributed by atoms with van der Waals surface area (Å²) in [7, 11) is 0. The molecule has 2 fully saturated rings. The molecule has 0 spiro atoms. The van der Waals surface area contributed by atoms with E-state index in [2.05, 4.69) is 44.0 Å². The number of rotatable bonds is 8. The zero-order valence-corrected chi connectivity index (χ0v) is 17.4. The number of aryl methyl sites for hydroxylation is 1. The van der Waals surface area contributed by atoms with Gasteiger partial charge in [0.15, 0.2) is 5.82 Å². The molecule has 0 aliphatic carbocycles. The van der Waals surface area contributed by atoms with Crippen LogP contribution in [0, 0.1) is 12.8 Å². The average molecular weight is 395 g/mol. The molecular weight excluding hydrogens is 360 g/mol. The van der Waals surface area contributed by atoms with Gasteiger partial charge in [-0.2, -0.15) is 4.98 Å². The van der Waals surface area contributed by atoms with Gasteiger partial charge in [0, 0.05) is 52.4 Å². The number of nitrogens with one attached hydrogen (secondary N) is 1. The van der Waals surface area contributed by atoms with Gasteiger partial charge in [-0.05, 0) is 12.8 Å². The van der Waals surface area contributed by atoms with Crippen LogP contribution in [0.3, 0.4) is 0 Å². The van der Waals surface area contributed by atoms with E-state index < -0.39 is 0 Å². The van der Waals surface area contributed by atoms with Crippen molar-refractivity contribution in [3.05, 3.63) is 11.7 Å². The van der Waals surface area contributed by atoms with Gasteiger partial charge in [-0.25, -0.2) is 0 Å². The number of hydrogen-bond donors (Lipinski definition) is 1. The summed E-state index contributed by atoms with van der Waals surface area (Å²) in [5.74, 6) is 2.05. The number of morpholine rings is 1. The number of nitrogens with zero attached hydrogens (tertiary/aromatic N) is 5. The van der Waals surface area contributed by atoms with Gasteiger partial charge in [-0.15, -0.1) is 0 Å². The molecule has 0 radical (unpaired) electrons. The van der Waals surface area contributed by atoms with E-state index in [-0.39, 0.29) is 12.0 Å². The quantitative estimate of drug-likeness (QED) is 0.658. The Balaban J connectivity index is 1.31.